The van der Waals surface area contributed by atoms with Crippen LogP contribution in [0.5, 0.6) is 0 Å². The molecule has 4 heteroatoms. The van der Waals surface area contributed by atoms with E-state index in [1.807, 2.05) is 11.3 Å². The number of nitrogens with zero attached hydrogens (tertiary/aromatic N) is 1. The van der Waals surface area contributed by atoms with Gasteiger partial charge >= 0.3 is 0 Å². The van der Waals surface area contributed by atoms with E-state index in [0.717, 1.165) is 6.42 Å². The Hall–Kier alpha value is 0.1000. The summed E-state index contributed by atoms with van der Waals surface area (Å²) in [5.41, 5.74) is 7.02. The van der Waals surface area contributed by atoms with Gasteiger partial charge in [0.2, 0.25) is 0 Å². The molecule has 0 amide bonds. The fraction of sp³-hybridized carbons (Fsp3) is 0.750. The summed E-state index contributed by atoms with van der Waals surface area (Å²) in [6, 6.07) is 2.53. The average molecular weight is 357 g/mol. The smallest absolute Gasteiger partial charge is 0.0363 e. The van der Waals surface area contributed by atoms with Gasteiger partial charge < -0.3 is 5.73 Å². The van der Waals surface area contributed by atoms with Crippen LogP contribution in [0.25, 0.3) is 0 Å². The normalized spacial score (nSPS) is 24.9. The van der Waals surface area contributed by atoms with Crippen molar-refractivity contribution in [3.63, 3.8) is 0 Å². The van der Waals surface area contributed by atoms with Gasteiger partial charge in [0, 0.05) is 26.3 Å². The molecule has 2 aliphatic rings. The molecule has 20 heavy (non-hydrogen) atoms. The quantitative estimate of drug-likeness (QED) is 0.876. The molecule has 1 aromatic heterocycles. The number of nitrogens with two attached hydrogens (primary N) is 1. The van der Waals surface area contributed by atoms with Crippen molar-refractivity contribution in [2.45, 2.75) is 62.9 Å². The standard InChI is InChI=1S/C16H25BrN2S/c17-13-10-14(20-12-13)11-15(18)16(6-2-3-7-16)19-8-4-1-5-9-19/h10,12,15H,1-9,11,18H2. The Bertz CT molecular complexity index is 433. The van der Waals surface area contributed by atoms with Crippen LogP contribution in [0, 0.1) is 0 Å². The van der Waals surface area contributed by atoms with E-state index in [4.69, 9.17) is 5.73 Å². The van der Waals surface area contributed by atoms with Crippen LogP contribution in [0.2, 0.25) is 0 Å². The second kappa shape index (κ2) is 6.47. The van der Waals surface area contributed by atoms with Crippen LogP contribution in [-0.2, 0) is 6.42 Å². The van der Waals surface area contributed by atoms with Gasteiger partial charge in [-0.15, -0.1) is 11.3 Å². The molecule has 0 spiro atoms. The van der Waals surface area contributed by atoms with E-state index in [0.29, 0.717) is 0 Å². The third-order valence-corrected chi connectivity index (χ3v) is 6.91. The Morgan fingerprint density at radius 3 is 2.50 bits per heavy atom. The maximum Gasteiger partial charge on any atom is 0.0363 e. The summed E-state index contributed by atoms with van der Waals surface area (Å²) in [7, 11) is 0. The van der Waals surface area contributed by atoms with Gasteiger partial charge in [0.25, 0.3) is 0 Å². The number of halogens is 1. The van der Waals surface area contributed by atoms with Crippen LogP contribution < -0.4 is 5.73 Å². The molecule has 1 saturated heterocycles. The highest BCUT2D eigenvalue weighted by atomic mass is 79.9. The summed E-state index contributed by atoms with van der Waals surface area (Å²) in [5, 5.41) is 2.17. The van der Waals surface area contributed by atoms with Gasteiger partial charge in [-0.2, -0.15) is 0 Å². The minimum atomic E-state index is 0.286. The Kier molecular flexibility index (Phi) is 4.86. The van der Waals surface area contributed by atoms with Crippen LogP contribution >= 0.6 is 27.3 Å². The lowest BCUT2D eigenvalue weighted by Gasteiger charge is -2.47. The Labute approximate surface area is 134 Å². The summed E-state index contributed by atoms with van der Waals surface area (Å²) in [6.07, 6.45) is 10.5. The van der Waals surface area contributed by atoms with Gasteiger partial charge in [-0.25, -0.2) is 0 Å². The van der Waals surface area contributed by atoms with Crippen molar-refractivity contribution in [2.75, 3.05) is 13.1 Å². The predicted octanol–water partition coefficient (Wildman–Crippen LogP) is 4.18. The van der Waals surface area contributed by atoms with E-state index in [9.17, 15) is 0 Å². The molecule has 3 rings (SSSR count). The number of hydrogen-bond donors (Lipinski definition) is 1. The fourth-order valence-electron chi connectivity index (χ4n) is 4.12. The molecule has 112 valence electrons. The molecular weight excluding hydrogens is 332 g/mol. The first-order valence-electron chi connectivity index (χ1n) is 7.94. The highest BCUT2D eigenvalue weighted by Crippen LogP contribution is 2.40. The van der Waals surface area contributed by atoms with Gasteiger partial charge in [-0.1, -0.05) is 19.3 Å². The minimum absolute atomic E-state index is 0.286. The molecule has 1 aromatic rings. The molecule has 2 fully saturated rings. The lowest BCUT2D eigenvalue weighted by Crippen LogP contribution is -2.60. The maximum absolute atomic E-state index is 6.74. The molecule has 0 aromatic carbocycles. The Morgan fingerprint density at radius 1 is 1.20 bits per heavy atom. The van der Waals surface area contributed by atoms with Gasteiger partial charge in [0.05, 0.1) is 0 Å². The van der Waals surface area contributed by atoms with E-state index < -0.39 is 0 Å². The topological polar surface area (TPSA) is 29.3 Å². The lowest BCUT2D eigenvalue weighted by atomic mass is 9.83. The highest BCUT2D eigenvalue weighted by molar-refractivity contribution is 9.10. The largest absolute Gasteiger partial charge is 0.326 e. The number of hydrogen-bond acceptors (Lipinski definition) is 3. The van der Waals surface area contributed by atoms with Gasteiger partial charge in [0.15, 0.2) is 0 Å². The summed E-state index contributed by atoms with van der Waals surface area (Å²) >= 11 is 5.39. The molecule has 1 aliphatic carbocycles. The third kappa shape index (κ3) is 2.99. The maximum atomic E-state index is 6.74. The monoisotopic (exact) mass is 356 g/mol. The van der Waals surface area contributed by atoms with Crippen molar-refractivity contribution < 1.29 is 0 Å². The van der Waals surface area contributed by atoms with Crippen LogP contribution in [-0.4, -0.2) is 29.6 Å². The van der Waals surface area contributed by atoms with E-state index in [2.05, 4.69) is 32.3 Å². The number of thiophene rings is 1. The molecule has 2 N–H and O–H groups in total. The number of rotatable bonds is 4. The zero-order chi connectivity index (χ0) is 14.0. The summed E-state index contributed by atoms with van der Waals surface area (Å²) in [5.74, 6) is 0. The van der Waals surface area contributed by atoms with E-state index in [1.54, 1.807) is 0 Å². The predicted molar refractivity (Wildman–Crippen MR) is 90.3 cm³/mol. The van der Waals surface area contributed by atoms with Gasteiger partial charge in [-0.3, -0.25) is 4.90 Å². The first-order chi connectivity index (χ1) is 9.71. The van der Waals surface area contributed by atoms with Crippen LogP contribution in [0.3, 0.4) is 0 Å². The van der Waals surface area contributed by atoms with Crippen molar-refractivity contribution in [1.29, 1.82) is 0 Å². The third-order valence-electron chi connectivity index (χ3n) is 5.19. The number of likely N-dealkylation sites (tertiary alicyclic amines) is 1. The summed E-state index contributed by atoms with van der Waals surface area (Å²) in [6.45, 7) is 2.53. The lowest BCUT2D eigenvalue weighted by molar-refractivity contribution is 0.0484. The molecule has 1 aliphatic heterocycles. The minimum Gasteiger partial charge on any atom is -0.326 e. The Balaban J connectivity index is 1.75. The second-order valence-electron chi connectivity index (χ2n) is 6.40. The van der Waals surface area contributed by atoms with E-state index in [-0.39, 0.29) is 11.6 Å². The van der Waals surface area contributed by atoms with Crippen LogP contribution in [0.15, 0.2) is 15.9 Å². The van der Waals surface area contributed by atoms with Gasteiger partial charge in [-0.05, 0) is 67.2 Å². The van der Waals surface area contributed by atoms with E-state index >= 15 is 0 Å². The van der Waals surface area contributed by atoms with Crippen molar-refractivity contribution >= 4 is 27.3 Å². The highest BCUT2D eigenvalue weighted by Gasteiger charge is 2.44. The number of piperidine rings is 1. The van der Waals surface area contributed by atoms with Crippen molar-refractivity contribution in [2.24, 2.45) is 5.73 Å². The van der Waals surface area contributed by atoms with Crippen molar-refractivity contribution in [3.05, 3.63) is 20.8 Å². The SMILES string of the molecule is NC(Cc1cc(Br)cs1)C1(N2CCCCC2)CCCC1. The molecule has 1 atom stereocenters. The summed E-state index contributed by atoms with van der Waals surface area (Å²) < 4.78 is 1.20. The fourth-order valence-corrected chi connectivity index (χ4v) is 5.63. The van der Waals surface area contributed by atoms with Crippen molar-refractivity contribution in [1.82, 2.24) is 4.90 Å². The molecule has 0 radical (unpaired) electrons. The molecule has 1 unspecified atom stereocenters. The van der Waals surface area contributed by atoms with Crippen LogP contribution in [0.4, 0.5) is 0 Å². The van der Waals surface area contributed by atoms with E-state index in [1.165, 1.54) is 67.4 Å². The zero-order valence-corrected chi connectivity index (χ0v) is 14.5. The molecule has 0 bridgehead atoms. The molecule has 2 heterocycles. The van der Waals surface area contributed by atoms with Gasteiger partial charge in [0.1, 0.15) is 0 Å². The summed E-state index contributed by atoms with van der Waals surface area (Å²) in [4.78, 5) is 4.17. The second-order valence-corrected chi connectivity index (χ2v) is 8.31. The first kappa shape index (κ1) is 15.0. The molecular formula is C16H25BrN2S. The zero-order valence-electron chi connectivity index (χ0n) is 12.1. The Morgan fingerprint density at radius 2 is 1.90 bits per heavy atom. The first-order valence-corrected chi connectivity index (χ1v) is 9.61. The average Bonchev–Trinajstić information content (AvgIpc) is 3.10. The molecule has 1 saturated carbocycles. The van der Waals surface area contributed by atoms with Crippen LogP contribution in [0.1, 0.15) is 49.8 Å². The molecule has 2 nitrogen and oxygen atoms in total. The van der Waals surface area contributed by atoms with Crippen molar-refractivity contribution in [3.8, 4) is 0 Å².